The molecule has 0 radical (unpaired) electrons. The number of nitrogens with two attached hydrogens (primary N) is 1. The molecule has 0 spiro atoms. The smallest absolute Gasteiger partial charge is 0.407 e. The van der Waals surface area contributed by atoms with Gasteiger partial charge in [-0.15, -0.1) is 0 Å². The van der Waals surface area contributed by atoms with Crippen LogP contribution in [0.4, 0.5) is 38.5 Å². The molecule has 6 N–H and O–H groups in total. The highest BCUT2D eigenvalue weighted by atomic mass is 32.2. The van der Waals surface area contributed by atoms with Gasteiger partial charge in [-0.25, -0.2) is 31.8 Å². The topological polar surface area (TPSA) is 370 Å². The lowest BCUT2D eigenvalue weighted by atomic mass is 10.0. The molecule has 3 heterocycles. The molecule has 0 aliphatic carbocycles. The molecule has 6 amide bonds. The van der Waals surface area contributed by atoms with E-state index < -0.39 is 93.1 Å². The molecule has 31 nitrogen and oxygen atoms in total. The first-order valence-electron chi connectivity index (χ1n) is 39.0. The van der Waals surface area contributed by atoms with Crippen LogP contribution in [0.3, 0.4) is 0 Å². The minimum absolute atomic E-state index is 0.00795. The summed E-state index contributed by atoms with van der Waals surface area (Å²) in [5.74, 6) is -11.1. The van der Waals surface area contributed by atoms with Crippen molar-refractivity contribution in [1.82, 2.24) is 30.1 Å². The summed E-state index contributed by atoms with van der Waals surface area (Å²) in [5, 5.41) is 11.2. The van der Waals surface area contributed by atoms with Crippen LogP contribution in [0.5, 0.6) is 5.75 Å². The lowest BCUT2D eigenvalue weighted by Crippen LogP contribution is -2.53. The lowest BCUT2D eigenvalue weighted by molar-refractivity contribution is -0.140. The Balaban J connectivity index is 0.658. The number of fused-ring (bicyclic) bond motifs is 1. The number of hydrogen-bond acceptors (Lipinski definition) is 24. The third-order valence-corrected chi connectivity index (χ3v) is 19.7. The Morgan fingerprint density at radius 1 is 0.655 bits per heavy atom. The van der Waals surface area contributed by atoms with Crippen LogP contribution < -0.4 is 31.7 Å². The monoisotopic (exact) mass is 1660 g/mol. The number of benzene rings is 4. The average Bonchev–Trinajstić information content (AvgIpc) is 0.911. The number of nitrogens with one attached hydrogen (secondary N) is 4. The van der Waals surface area contributed by atoms with Gasteiger partial charge in [0.25, 0.3) is 0 Å². The molecule has 3 aliphatic heterocycles. The summed E-state index contributed by atoms with van der Waals surface area (Å²) in [6.45, 7) is 18.8. The average molecular weight is 1660 g/mol. The van der Waals surface area contributed by atoms with Gasteiger partial charge in [-0.2, -0.15) is 13.1 Å². The molecule has 0 aromatic heterocycles. The van der Waals surface area contributed by atoms with Crippen molar-refractivity contribution in [2.75, 3.05) is 183 Å². The van der Waals surface area contributed by atoms with Gasteiger partial charge in [0.15, 0.2) is 11.6 Å². The number of rotatable bonds is 53. The Kier molecular flexibility index (Phi) is 40.7. The normalized spacial score (nSPS) is 14.7. The van der Waals surface area contributed by atoms with E-state index in [0.29, 0.717) is 171 Å². The number of ether oxygens (including phenoxy) is 13. The minimum atomic E-state index is -3.91. The predicted molar refractivity (Wildman–Crippen MR) is 418 cm³/mol. The zero-order valence-electron chi connectivity index (χ0n) is 66.8. The Morgan fingerprint density at radius 2 is 1.20 bits per heavy atom. The van der Waals surface area contributed by atoms with Crippen molar-refractivity contribution in [3.63, 3.8) is 0 Å². The standard InChI is InChI=1S/C80H111F4N9O22S/c1-7-23-91(24-10-22-86-79(100)115-80(4,5)6)77(98)61-46-60-17-16-59(48-66(60)89-68(85)49-61)58-11-8-12-63(47-58)116(101,102)92-52-57(53-92)51-87-78(99)113-54-56-14-18-62(19-15-56)88-76(97)73(55(2)3)90-75(96)67-13-9-25-93(67)69(94)20-26-103-28-30-105-32-34-107-36-38-109-40-42-111-44-45-112-43-41-110-39-37-108-35-33-106-31-29-104-27-21-70(95)114-74-71(83)64(81)50-65(82)72(74)84/h8,11-12,14-19,46-48,50,55,57,67,73H,7,9-10,13,20-45,49,51-54H2,1-6H3,(H2,85,89)(H,86,100)(H,87,99)(H,88,97)(H,90,96)/t67-,73-/m0/s1. The Morgan fingerprint density at radius 3 is 1.74 bits per heavy atom. The molecule has 0 bridgehead atoms. The second-order valence-corrected chi connectivity index (χ2v) is 30.5. The van der Waals surface area contributed by atoms with Crippen molar-refractivity contribution in [2.45, 2.75) is 116 Å². The van der Waals surface area contributed by atoms with Crippen molar-refractivity contribution in [1.29, 1.82) is 0 Å². The lowest BCUT2D eigenvalue weighted by Gasteiger charge is -2.38. The molecule has 4 aromatic carbocycles. The van der Waals surface area contributed by atoms with Crippen LogP contribution in [-0.4, -0.2) is 266 Å². The quantitative estimate of drug-likeness (QED) is 0.00918. The fourth-order valence-electron chi connectivity index (χ4n) is 11.9. The molecule has 0 saturated carbocycles. The maximum atomic E-state index is 13.9. The summed E-state index contributed by atoms with van der Waals surface area (Å²) in [5.41, 5.74) is 9.85. The summed E-state index contributed by atoms with van der Waals surface area (Å²) < 4.78 is 153. The van der Waals surface area contributed by atoms with Crippen molar-refractivity contribution < 1.29 is 121 Å². The number of amides is 6. The molecule has 0 unspecified atom stereocenters. The number of hydrogen-bond donors (Lipinski definition) is 5. The number of anilines is 1. The van der Waals surface area contributed by atoms with E-state index in [0.717, 1.165) is 6.42 Å². The Hall–Kier alpha value is -8.79. The molecule has 4 aromatic rings. The third-order valence-electron chi connectivity index (χ3n) is 17.8. The highest BCUT2D eigenvalue weighted by Gasteiger charge is 2.39. The minimum Gasteiger partial charge on any atom is -0.445 e. The van der Waals surface area contributed by atoms with E-state index in [-0.39, 0.29) is 126 Å². The van der Waals surface area contributed by atoms with E-state index in [1.807, 2.05) is 25.1 Å². The van der Waals surface area contributed by atoms with Crippen LogP contribution in [-0.2, 0) is 97.4 Å². The number of carbonyl (C=O) groups excluding carboxylic acids is 7. The molecule has 2 saturated heterocycles. The molecule has 116 heavy (non-hydrogen) atoms. The van der Waals surface area contributed by atoms with Gasteiger partial charge in [0.05, 0.1) is 156 Å². The fraction of sp³-hybridized carbons (Fsp3) is 0.575. The SMILES string of the molecule is CCCN(CCCNC(=O)OC(C)(C)C)C(=O)C1=Cc2ccc(-c3cccc(S(=O)(=O)N4CC(CNC(=O)OCc5ccc(NC(=O)[C@@H](NC(=O)[C@@H]6CCCN6C(=O)CCOCCOCCOCCOCCOCCOCCOCCOCCOCCOCCC(=O)Oc6c(F)c(F)cc(F)c6F)C(C)C)cc5)C4)c3)cc2N=C(N)C1. The van der Waals surface area contributed by atoms with E-state index in [4.69, 9.17) is 62.6 Å². The van der Waals surface area contributed by atoms with Crippen molar-refractivity contribution in [3.05, 3.63) is 113 Å². The van der Waals surface area contributed by atoms with Gasteiger partial charge in [0.1, 0.15) is 30.1 Å². The number of halogens is 4. The second-order valence-electron chi connectivity index (χ2n) is 28.5. The predicted octanol–water partition coefficient (Wildman–Crippen LogP) is 8.01. The van der Waals surface area contributed by atoms with Gasteiger partial charge in [-0.3, -0.25) is 24.0 Å². The van der Waals surface area contributed by atoms with Crippen LogP contribution in [0.2, 0.25) is 0 Å². The number of esters is 1. The first kappa shape index (κ1) is 94.4. The van der Waals surface area contributed by atoms with Crippen LogP contribution >= 0.6 is 0 Å². The summed E-state index contributed by atoms with van der Waals surface area (Å²) in [6, 6.07) is 17.1. The summed E-state index contributed by atoms with van der Waals surface area (Å²) in [4.78, 5) is 99.2. The third kappa shape index (κ3) is 33.0. The van der Waals surface area contributed by atoms with Crippen LogP contribution in [0.1, 0.15) is 97.6 Å². The number of carbonyl (C=O) groups is 7. The van der Waals surface area contributed by atoms with Crippen LogP contribution in [0, 0.1) is 35.1 Å². The number of amidine groups is 1. The number of sulfonamides is 1. The van der Waals surface area contributed by atoms with Crippen LogP contribution in [0.15, 0.2) is 88.3 Å². The highest BCUT2D eigenvalue weighted by molar-refractivity contribution is 7.89. The van der Waals surface area contributed by atoms with Gasteiger partial charge in [-0.1, -0.05) is 57.2 Å². The van der Waals surface area contributed by atoms with E-state index >= 15 is 0 Å². The molecule has 3 aliphatic rings. The zero-order valence-corrected chi connectivity index (χ0v) is 67.6. The van der Waals surface area contributed by atoms with E-state index in [1.54, 1.807) is 88.1 Å². The van der Waals surface area contributed by atoms with E-state index in [9.17, 15) is 59.5 Å². The first-order chi connectivity index (χ1) is 55.7. The molecule has 2 atom stereocenters. The van der Waals surface area contributed by atoms with Gasteiger partial charge in [0, 0.05) is 81.0 Å². The molecule has 36 heteroatoms. The maximum Gasteiger partial charge on any atom is 0.407 e. The van der Waals surface area contributed by atoms with Crippen molar-refractivity contribution in [2.24, 2.45) is 22.6 Å². The Bertz CT molecular complexity index is 3960. The molecular formula is C80H111F4N9O22S. The number of nitrogens with zero attached hydrogens (tertiary/aromatic N) is 4. The second kappa shape index (κ2) is 50.1. The molecule has 642 valence electrons. The summed E-state index contributed by atoms with van der Waals surface area (Å²) >= 11 is 0. The molecule has 7 rings (SSSR count). The summed E-state index contributed by atoms with van der Waals surface area (Å²) in [7, 11) is -3.91. The maximum absolute atomic E-state index is 13.9. The van der Waals surface area contributed by atoms with Crippen molar-refractivity contribution in [3.8, 4) is 16.9 Å². The van der Waals surface area contributed by atoms with Gasteiger partial charge in [0.2, 0.25) is 51.0 Å². The van der Waals surface area contributed by atoms with Gasteiger partial charge in [-0.05, 0) is 105 Å². The van der Waals surface area contributed by atoms with Crippen LogP contribution in [0.25, 0.3) is 17.2 Å². The highest BCUT2D eigenvalue weighted by Crippen LogP contribution is 2.35. The largest absolute Gasteiger partial charge is 0.445 e. The van der Waals surface area contributed by atoms with E-state index in [2.05, 4.69) is 31.0 Å². The zero-order chi connectivity index (χ0) is 83.8. The van der Waals surface area contributed by atoms with Gasteiger partial charge < -0.3 is 98.4 Å². The summed E-state index contributed by atoms with van der Waals surface area (Å²) in [6.07, 6.45) is 2.66. The Labute approximate surface area is 674 Å². The van der Waals surface area contributed by atoms with Crippen molar-refractivity contribution >= 4 is 75.1 Å². The molecular weight excluding hydrogens is 1550 g/mol. The molecule has 2 fully saturated rings. The number of alkyl carbamates (subject to hydrolysis) is 2. The van der Waals surface area contributed by atoms with E-state index in [1.165, 1.54) is 15.3 Å². The number of likely N-dealkylation sites (tertiary alicyclic amines) is 1. The first-order valence-corrected chi connectivity index (χ1v) is 40.4. The fourth-order valence-corrected chi connectivity index (χ4v) is 13.5. The van der Waals surface area contributed by atoms with Gasteiger partial charge >= 0.3 is 18.2 Å². The number of aliphatic imine (C=N–C) groups is 1.